The van der Waals surface area contributed by atoms with Gasteiger partial charge in [-0.05, 0) is 11.4 Å². The van der Waals surface area contributed by atoms with Crippen molar-refractivity contribution >= 4 is 40.2 Å². The predicted octanol–water partition coefficient (Wildman–Crippen LogP) is 3.86. The summed E-state index contributed by atoms with van der Waals surface area (Å²) < 4.78 is 43.6. The van der Waals surface area contributed by atoms with E-state index < -0.39 is 29.2 Å². The number of thiophene rings is 1. The van der Waals surface area contributed by atoms with Crippen LogP contribution in [-0.2, 0) is 11.3 Å². The summed E-state index contributed by atoms with van der Waals surface area (Å²) in [5, 5.41) is 12.6. The van der Waals surface area contributed by atoms with E-state index in [1.54, 1.807) is 17.5 Å². The molecule has 2 rings (SSSR count). The molecule has 1 aromatic heterocycles. The third kappa shape index (κ3) is 5.47. The molecule has 0 aliphatic heterocycles. The summed E-state index contributed by atoms with van der Waals surface area (Å²) in [6.07, 6.45) is -5.04. The number of nitro benzene ring substituents is 1. The second-order valence-corrected chi connectivity index (χ2v) is 6.71. The molecule has 0 saturated carbocycles. The summed E-state index contributed by atoms with van der Waals surface area (Å²) in [4.78, 5) is 22.9. The standard InChI is InChI=1S/C15H13ClF3N3O4S/c16-9-6-11(22(24)25)13(20)12(7-9)26-4-3-21(14(23)15(17,18)19)8-10-2-1-5-27-10/h1-2,5-7H,3-4,8,20H2. The highest BCUT2D eigenvalue weighted by molar-refractivity contribution is 7.09. The quantitative estimate of drug-likeness (QED) is 0.414. The minimum absolute atomic E-state index is 0.0206. The molecule has 1 amide bonds. The van der Waals surface area contributed by atoms with Gasteiger partial charge in [0.2, 0.25) is 0 Å². The number of carbonyl (C=O) groups excluding carboxylic acids is 1. The maximum atomic E-state index is 12.8. The maximum absolute atomic E-state index is 12.8. The van der Waals surface area contributed by atoms with E-state index in [4.69, 9.17) is 22.1 Å². The van der Waals surface area contributed by atoms with E-state index in [0.717, 1.165) is 6.07 Å². The fourth-order valence-corrected chi connectivity index (χ4v) is 3.06. The van der Waals surface area contributed by atoms with E-state index in [0.29, 0.717) is 9.78 Å². The first-order chi connectivity index (χ1) is 12.6. The number of amides is 1. The third-order valence-corrected chi connectivity index (χ3v) is 4.44. The minimum Gasteiger partial charge on any atom is -0.489 e. The number of alkyl halides is 3. The summed E-state index contributed by atoms with van der Waals surface area (Å²) in [6, 6.07) is 5.48. The number of rotatable bonds is 7. The Morgan fingerprint density at radius 3 is 2.67 bits per heavy atom. The van der Waals surface area contributed by atoms with Crippen molar-refractivity contribution in [2.24, 2.45) is 0 Å². The van der Waals surface area contributed by atoms with Gasteiger partial charge in [0, 0.05) is 17.0 Å². The summed E-state index contributed by atoms with van der Waals surface area (Å²) in [6.45, 7) is -1.02. The highest BCUT2D eigenvalue weighted by Crippen LogP contribution is 2.35. The van der Waals surface area contributed by atoms with Gasteiger partial charge in [-0.25, -0.2) is 0 Å². The van der Waals surface area contributed by atoms with Crippen LogP contribution < -0.4 is 10.5 Å². The van der Waals surface area contributed by atoms with Crippen LogP contribution >= 0.6 is 22.9 Å². The van der Waals surface area contributed by atoms with Crippen LogP contribution in [0, 0.1) is 10.1 Å². The van der Waals surface area contributed by atoms with E-state index in [-0.39, 0.29) is 29.6 Å². The molecule has 7 nitrogen and oxygen atoms in total. The number of nitrogen functional groups attached to an aromatic ring is 1. The van der Waals surface area contributed by atoms with E-state index in [1.807, 2.05) is 0 Å². The zero-order chi connectivity index (χ0) is 20.2. The van der Waals surface area contributed by atoms with Crippen LogP contribution in [0.1, 0.15) is 4.88 Å². The summed E-state index contributed by atoms with van der Waals surface area (Å²) in [7, 11) is 0. The van der Waals surface area contributed by atoms with Gasteiger partial charge in [0.1, 0.15) is 6.61 Å². The number of halogens is 4. The van der Waals surface area contributed by atoms with Crippen molar-refractivity contribution in [3.8, 4) is 5.75 Å². The van der Waals surface area contributed by atoms with Crippen molar-refractivity contribution in [3.05, 3.63) is 49.7 Å². The third-order valence-electron chi connectivity index (χ3n) is 3.36. The zero-order valence-corrected chi connectivity index (χ0v) is 15.1. The average Bonchev–Trinajstić information content (AvgIpc) is 3.08. The highest BCUT2D eigenvalue weighted by atomic mass is 35.5. The smallest absolute Gasteiger partial charge is 0.471 e. The van der Waals surface area contributed by atoms with Gasteiger partial charge in [-0.3, -0.25) is 14.9 Å². The summed E-state index contributed by atoms with van der Waals surface area (Å²) in [5.74, 6) is -2.16. The first-order valence-corrected chi connectivity index (χ1v) is 8.60. The fourth-order valence-electron chi connectivity index (χ4n) is 2.14. The van der Waals surface area contributed by atoms with E-state index in [1.165, 1.54) is 17.4 Å². The summed E-state index contributed by atoms with van der Waals surface area (Å²) >= 11 is 6.96. The summed E-state index contributed by atoms with van der Waals surface area (Å²) in [5.41, 5.74) is 4.83. The first kappa shape index (κ1) is 20.8. The van der Waals surface area contributed by atoms with Gasteiger partial charge < -0.3 is 15.4 Å². The van der Waals surface area contributed by atoms with Crippen LogP contribution in [0.5, 0.6) is 5.75 Å². The van der Waals surface area contributed by atoms with Gasteiger partial charge in [-0.15, -0.1) is 11.3 Å². The lowest BCUT2D eigenvalue weighted by molar-refractivity contribution is -0.383. The lowest BCUT2D eigenvalue weighted by atomic mass is 10.2. The second-order valence-electron chi connectivity index (χ2n) is 5.25. The molecule has 0 bridgehead atoms. The van der Waals surface area contributed by atoms with Gasteiger partial charge >= 0.3 is 12.1 Å². The Morgan fingerprint density at radius 2 is 2.11 bits per heavy atom. The molecule has 1 aromatic carbocycles. The molecule has 0 aliphatic carbocycles. The Hall–Kier alpha value is -2.53. The molecule has 0 radical (unpaired) electrons. The van der Waals surface area contributed by atoms with E-state index in [2.05, 4.69) is 0 Å². The molecule has 0 aliphatic rings. The topological polar surface area (TPSA) is 98.7 Å². The molecule has 27 heavy (non-hydrogen) atoms. The SMILES string of the molecule is Nc1c(OCCN(Cc2cccs2)C(=O)C(F)(F)F)cc(Cl)cc1[N+](=O)[O-]. The molecule has 0 atom stereocenters. The number of anilines is 1. The zero-order valence-electron chi connectivity index (χ0n) is 13.5. The fraction of sp³-hybridized carbons (Fsp3) is 0.267. The van der Waals surface area contributed by atoms with Crippen LogP contribution in [0.2, 0.25) is 5.02 Å². The Bertz CT molecular complexity index is 830. The number of nitrogens with zero attached hydrogens (tertiary/aromatic N) is 2. The van der Waals surface area contributed by atoms with Crippen molar-refractivity contribution in [1.29, 1.82) is 0 Å². The molecule has 2 N–H and O–H groups in total. The largest absolute Gasteiger partial charge is 0.489 e. The van der Waals surface area contributed by atoms with Gasteiger partial charge in [-0.2, -0.15) is 13.2 Å². The number of carbonyl (C=O) groups is 1. The van der Waals surface area contributed by atoms with Gasteiger partial charge in [0.05, 0.1) is 23.0 Å². The Labute approximate surface area is 160 Å². The molecule has 0 spiro atoms. The van der Waals surface area contributed by atoms with Crippen molar-refractivity contribution < 1.29 is 27.6 Å². The van der Waals surface area contributed by atoms with Crippen LogP contribution in [0.25, 0.3) is 0 Å². The number of hydrogen-bond donors (Lipinski definition) is 1. The Morgan fingerprint density at radius 1 is 1.41 bits per heavy atom. The van der Waals surface area contributed by atoms with Crippen molar-refractivity contribution in [1.82, 2.24) is 4.90 Å². The molecule has 0 saturated heterocycles. The average molecular weight is 424 g/mol. The maximum Gasteiger partial charge on any atom is 0.471 e. The normalized spacial score (nSPS) is 11.3. The van der Waals surface area contributed by atoms with E-state index >= 15 is 0 Å². The number of nitro groups is 1. The predicted molar refractivity (Wildman–Crippen MR) is 93.8 cm³/mol. The molecular formula is C15H13ClF3N3O4S. The van der Waals surface area contributed by atoms with Crippen LogP contribution in [-0.4, -0.2) is 35.1 Å². The lowest BCUT2D eigenvalue weighted by Crippen LogP contribution is -2.42. The first-order valence-electron chi connectivity index (χ1n) is 7.34. The molecular weight excluding hydrogens is 411 g/mol. The van der Waals surface area contributed by atoms with Crippen molar-refractivity contribution in [3.63, 3.8) is 0 Å². The molecule has 0 unspecified atom stereocenters. The minimum atomic E-state index is -5.04. The number of ether oxygens (including phenoxy) is 1. The molecule has 2 aromatic rings. The van der Waals surface area contributed by atoms with E-state index in [9.17, 15) is 28.1 Å². The van der Waals surface area contributed by atoms with Crippen molar-refractivity contribution in [2.75, 3.05) is 18.9 Å². The van der Waals surface area contributed by atoms with Gasteiger partial charge in [0.15, 0.2) is 11.4 Å². The highest BCUT2D eigenvalue weighted by Gasteiger charge is 2.42. The number of benzene rings is 1. The monoisotopic (exact) mass is 423 g/mol. The molecule has 1 heterocycles. The number of nitrogens with two attached hydrogens (primary N) is 1. The Kier molecular flexibility index (Phi) is 6.50. The van der Waals surface area contributed by atoms with Crippen LogP contribution in [0.3, 0.4) is 0 Å². The van der Waals surface area contributed by atoms with Crippen LogP contribution in [0.15, 0.2) is 29.6 Å². The molecule has 0 fully saturated rings. The lowest BCUT2D eigenvalue weighted by Gasteiger charge is -2.23. The van der Waals surface area contributed by atoms with Gasteiger partial charge in [-0.1, -0.05) is 17.7 Å². The second kappa shape index (κ2) is 8.44. The Balaban J connectivity index is 2.11. The van der Waals surface area contributed by atoms with Gasteiger partial charge in [0.25, 0.3) is 5.69 Å². The van der Waals surface area contributed by atoms with Crippen LogP contribution in [0.4, 0.5) is 24.5 Å². The van der Waals surface area contributed by atoms with Crippen molar-refractivity contribution in [2.45, 2.75) is 12.7 Å². The number of hydrogen-bond acceptors (Lipinski definition) is 6. The molecule has 12 heteroatoms. The molecule has 146 valence electrons.